The fourth-order valence-electron chi connectivity index (χ4n) is 6.03. The predicted molar refractivity (Wildman–Crippen MR) is 179 cm³/mol. The van der Waals surface area contributed by atoms with Gasteiger partial charge in [0, 0.05) is 32.2 Å². The highest BCUT2D eigenvalue weighted by atomic mass is 16.3. The first-order valence-corrected chi connectivity index (χ1v) is 17.5. The molecule has 1 fully saturated rings. The molecule has 1 heterocycles. The quantitative estimate of drug-likeness (QED) is 0.107. The Morgan fingerprint density at radius 2 is 1.29 bits per heavy atom. The lowest BCUT2D eigenvalue weighted by Gasteiger charge is -2.33. The lowest BCUT2D eigenvalue weighted by Crippen LogP contribution is -2.44. The van der Waals surface area contributed by atoms with E-state index in [1.165, 1.54) is 75.4 Å². The number of aliphatic hydroxyl groups excluding tert-OH is 2. The van der Waals surface area contributed by atoms with E-state index in [-0.39, 0.29) is 25.3 Å². The molecule has 6 nitrogen and oxygen atoms in total. The van der Waals surface area contributed by atoms with Crippen molar-refractivity contribution in [1.82, 2.24) is 20.4 Å². The van der Waals surface area contributed by atoms with Crippen molar-refractivity contribution >= 4 is 0 Å². The summed E-state index contributed by atoms with van der Waals surface area (Å²) < 4.78 is 0. The predicted octanol–water partition coefficient (Wildman–Crippen LogP) is 6.29. The fraction of sp³-hybridized carbons (Fsp3) is 0.886. The zero-order valence-electron chi connectivity index (χ0n) is 27.6. The van der Waals surface area contributed by atoms with E-state index in [2.05, 4.69) is 53.9 Å². The maximum Gasteiger partial charge on any atom is 0.0622 e. The van der Waals surface area contributed by atoms with Gasteiger partial charge in [0.1, 0.15) is 0 Å². The van der Waals surface area contributed by atoms with Crippen molar-refractivity contribution in [2.45, 2.75) is 136 Å². The molecule has 2 unspecified atom stereocenters. The molecule has 0 spiro atoms. The molecule has 41 heavy (non-hydrogen) atoms. The molecule has 0 aromatic rings. The van der Waals surface area contributed by atoms with Crippen molar-refractivity contribution in [3.8, 4) is 0 Å². The molecule has 0 aromatic carbocycles. The average Bonchev–Trinajstić information content (AvgIpc) is 2.98. The molecule has 2 atom stereocenters. The lowest BCUT2D eigenvalue weighted by molar-refractivity contribution is 0.107. The van der Waals surface area contributed by atoms with Crippen molar-refractivity contribution in [3.63, 3.8) is 0 Å². The van der Waals surface area contributed by atoms with Crippen LogP contribution in [0.3, 0.4) is 0 Å². The van der Waals surface area contributed by atoms with Gasteiger partial charge in [-0.1, -0.05) is 89.0 Å². The van der Waals surface area contributed by atoms with Crippen molar-refractivity contribution in [3.05, 3.63) is 23.8 Å². The Morgan fingerprint density at radius 1 is 0.707 bits per heavy atom. The van der Waals surface area contributed by atoms with Crippen LogP contribution in [0.25, 0.3) is 0 Å². The summed E-state index contributed by atoms with van der Waals surface area (Å²) >= 11 is 0. The van der Waals surface area contributed by atoms with Gasteiger partial charge in [-0.15, -0.1) is 0 Å². The molecule has 6 heteroatoms. The average molecular weight is 579 g/mol. The standard InChI is InChI=1S/C35H70N4O2/c1-5-7-9-11-13-18-32(3)28-34(30-40)38-24-16-22-36-20-15-21-37-23-27-39(26-17-25-38)35(31-41)29-33(4)19-14-12-10-8-6-2/h28,34-37,40-41H,4-27,29-31H2,1-3H3/b32-28-. The van der Waals surface area contributed by atoms with Crippen molar-refractivity contribution in [2.75, 3.05) is 65.6 Å². The lowest BCUT2D eigenvalue weighted by atomic mass is 10.00. The molecule has 0 radical (unpaired) electrons. The van der Waals surface area contributed by atoms with Crippen LogP contribution in [-0.4, -0.2) is 97.7 Å². The third-order valence-corrected chi connectivity index (χ3v) is 8.67. The third-order valence-electron chi connectivity index (χ3n) is 8.67. The molecule has 4 N–H and O–H groups in total. The number of nitrogens with one attached hydrogen (secondary N) is 2. The Bertz CT molecular complexity index is 642. The Hall–Kier alpha value is -0.760. The zero-order valence-corrected chi connectivity index (χ0v) is 27.6. The van der Waals surface area contributed by atoms with Gasteiger partial charge in [-0.05, 0) is 84.5 Å². The van der Waals surface area contributed by atoms with Crippen LogP contribution in [0.4, 0.5) is 0 Å². The molecule has 1 aliphatic rings. The first-order valence-electron chi connectivity index (χ1n) is 17.5. The maximum absolute atomic E-state index is 10.4. The normalized spacial score (nSPS) is 19.4. The van der Waals surface area contributed by atoms with Crippen LogP contribution in [0.5, 0.6) is 0 Å². The van der Waals surface area contributed by atoms with E-state index in [9.17, 15) is 10.2 Å². The van der Waals surface area contributed by atoms with E-state index >= 15 is 0 Å². The summed E-state index contributed by atoms with van der Waals surface area (Å²) in [6, 6.07) is 0.215. The van der Waals surface area contributed by atoms with Gasteiger partial charge in [-0.2, -0.15) is 0 Å². The van der Waals surface area contributed by atoms with Gasteiger partial charge in [-0.25, -0.2) is 0 Å². The number of unbranched alkanes of at least 4 members (excludes halogenated alkanes) is 8. The van der Waals surface area contributed by atoms with Gasteiger partial charge in [0.05, 0.1) is 19.3 Å². The van der Waals surface area contributed by atoms with Crippen LogP contribution in [-0.2, 0) is 0 Å². The monoisotopic (exact) mass is 579 g/mol. The summed E-state index contributed by atoms with van der Waals surface area (Å²) in [5.41, 5.74) is 2.70. The van der Waals surface area contributed by atoms with Crippen LogP contribution in [0.15, 0.2) is 23.8 Å². The molecule has 1 saturated heterocycles. The molecule has 0 amide bonds. The van der Waals surface area contributed by atoms with Crippen LogP contribution in [0, 0.1) is 0 Å². The first-order chi connectivity index (χ1) is 20.0. The van der Waals surface area contributed by atoms with Gasteiger partial charge < -0.3 is 20.8 Å². The molecule has 1 rings (SSSR count). The minimum atomic E-state index is 0.0811. The summed E-state index contributed by atoms with van der Waals surface area (Å²) in [6.45, 7) is 19.4. The van der Waals surface area contributed by atoms with E-state index in [4.69, 9.17) is 0 Å². The molecule has 1 aliphatic heterocycles. The van der Waals surface area contributed by atoms with Crippen LogP contribution in [0.1, 0.15) is 124 Å². The highest BCUT2D eigenvalue weighted by Crippen LogP contribution is 2.18. The number of allylic oxidation sites excluding steroid dienone is 1. The molecule has 242 valence electrons. The van der Waals surface area contributed by atoms with Crippen molar-refractivity contribution < 1.29 is 10.2 Å². The van der Waals surface area contributed by atoms with Crippen LogP contribution < -0.4 is 10.6 Å². The maximum atomic E-state index is 10.4. The Balaban J connectivity index is 2.80. The van der Waals surface area contributed by atoms with Gasteiger partial charge in [0.25, 0.3) is 0 Å². The summed E-state index contributed by atoms with van der Waals surface area (Å²) in [7, 11) is 0. The van der Waals surface area contributed by atoms with Crippen molar-refractivity contribution in [1.29, 1.82) is 0 Å². The van der Waals surface area contributed by atoms with Gasteiger partial charge in [-0.3, -0.25) is 9.80 Å². The van der Waals surface area contributed by atoms with E-state index < -0.39 is 0 Å². The van der Waals surface area contributed by atoms with E-state index in [0.717, 1.165) is 90.9 Å². The summed E-state index contributed by atoms with van der Waals surface area (Å²) in [4.78, 5) is 5.00. The topological polar surface area (TPSA) is 71.0 Å². The summed E-state index contributed by atoms with van der Waals surface area (Å²) in [5.74, 6) is 0. The van der Waals surface area contributed by atoms with Gasteiger partial charge in [0.15, 0.2) is 0 Å². The number of nitrogens with zero attached hydrogens (tertiary/aromatic N) is 2. The Morgan fingerprint density at radius 3 is 1.95 bits per heavy atom. The molecule has 0 bridgehead atoms. The molecule has 0 saturated carbocycles. The van der Waals surface area contributed by atoms with Crippen LogP contribution >= 0.6 is 0 Å². The van der Waals surface area contributed by atoms with Crippen molar-refractivity contribution in [2.24, 2.45) is 0 Å². The minimum Gasteiger partial charge on any atom is -0.395 e. The number of hydrogen-bond acceptors (Lipinski definition) is 6. The largest absolute Gasteiger partial charge is 0.395 e. The van der Waals surface area contributed by atoms with Gasteiger partial charge >= 0.3 is 0 Å². The highest BCUT2D eigenvalue weighted by molar-refractivity contribution is 5.05. The second-order valence-electron chi connectivity index (χ2n) is 12.5. The van der Waals surface area contributed by atoms with Gasteiger partial charge in [0.2, 0.25) is 0 Å². The highest BCUT2D eigenvalue weighted by Gasteiger charge is 2.21. The van der Waals surface area contributed by atoms with E-state index in [1.54, 1.807) is 0 Å². The summed E-state index contributed by atoms with van der Waals surface area (Å²) in [6.07, 6.45) is 21.6. The third kappa shape index (κ3) is 19.9. The molecular formula is C35H70N4O2. The number of hydrogen-bond donors (Lipinski definition) is 4. The number of aliphatic hydroxyl groups is 2. The molecular weight excluding hydrogens is 508 g/mol. The Kier molecular flexibility index (Phi) is 25.0. The zero-order chi connectivity index (χ0) is 30.0. The molecule has 0 aromatic heterocycles. The fourth-order valence-corrected chi connectivity index (χ4v) is 6.03. The minimum absolute atomic E-state index is 0.0811. The molecule has 0 aliphatic carbocycles. The van der Waals surface area contributed by atoms with E-state index in [1.807, 2.05) is 0 Å². The second-order valence-corrected chi connectivity index (χ2v) is 12.5. The number of rotatable bonds is 19. The smallest absolute Gasteiger partial charge is 0.0622 e. The Labute approximate surface area is 255 Å². The first kappa shape index (κ1) is 38.3. The second kappa shape index (κ2) is 26.8. The SMILES string of the molecule is C=C(CCCCCCC)CC(CO)N1CCCN(C(/C=C(/C)CCCCCCC)CO)CCCNCCCNCC1. The van der Waals surface area contributed by atoms with E-state index in [0.29, 0.717) is 0 Å². The summed E-state index contributed by atoms with van der Waals surface area (Å²) in [5, 5.41) is 28.0. The van der Waals surface area contributed by atoms with Crippen LogP contribution in [0.2, 0.25) is 0 Å².